The van der Waals surface area contributed by atoms with E-state index in [-0.39, 0.29) is 6.61 Å². The zero-order chi connectivity index (χ0) is 9.30. The summed E-state index contributed by atoms with van der Waals surface area (Å²) < 4.78 is 4.83. The Labute approximate surface area is 69.7 Å². The number of hydrogen-bond acceptors (Lipinski definition) is 6. The van der Waals surface area contributed by atoms with Crippen LogP contribution in [0.25, 0.3) is 0 Å². The molecule has 1 heterocycles. The molecule has 1 saturated heterocycles. The zero-order valence-corrected chi connectivity index (χ0v) is 6.50. The Kier molecular flexibility index (Phi) is 2.99. The van der Waals surface area contributed by atoms with Crippen molar-refractivity contribution in [3.63, 3.8) is 0 Å². The minimum absolute atomic E-state index is 0.345. The average molecular weight is 178 g/mol. The number of ether oxygens (including phenoxy) is 1. The standard InChI is InChI=1S/C6H14N2O4/c7-3-2(1-9)12-6(11)4(8)5(3)10/h2-6,9-11H,1,7-8H2/t2?,3?,4?,5-,6?/m0/s1. The normalized spacial score (nSPS) is 49.2. The van der Waals surface area contributed by atoms with Gasteiger partial charge in [-0.3, -0.25) is 0 Å². The number of rotatable bonds is 1. The molecule has 12 heavy (non-hydrogen) atoms. The summed E-state index contributed by atoms with van der Waals surface area (Å²) in [6.45, 7) is -0.345. The molecule has 0 aromatic heterocycles. The second-order valence-electron chi connectivity index (χ2n) is 2.89. The summed E-state index contributed by atoms with van der Waals surface area (Å²) >= 11 is 0. The third kappa shape index (κ3) is 1.58. The largest absolute Gasteiger partial charge is 0.394 e. The summed E-state index contributed by atoms with van der Waals surface area (Å²) in [7, 11) is 0. The molecule has 1 aliphatic heterocycles. The highest BCUT2D eigenvalue weighted by Gasteiger charge is 2.40. The molecule has 6 heteroatoms. The van der Waals surface area contributed by atoms with Crippen LogP contribution in [0.2, 0.25) is 0 Å². The van der Waals surface area contributed by atoms with Gasteiger partial charge in [0, 0.05) is 0 Å². The Bertz CT molecular complexity index is 152. The van der Waals surface area contributed by atoms with E-state index >= 15 is 0 Å². The summed E-state index contributed by atoms with van der Waals surface area (Å²) in [5, 5.41) is 27.1. The Morgan fingerprint density at radius 1 is 1.17 bits per heavy atom. The SMILES string of the molecule is NC1C(O)OC(CO)C(N)[C@@H]1O. The number of aliphatic hydroxyl groups is 3. The van der Waals surface area contributed by atoms with E-state index in [9.17, 15) is 5.11 Å². The average Bonchev–Trinajstić information content (AvgIpc) is 2.08. The molecule has 5 atom stereocenters. The minimum Gasteiger partial charge on any atom is -0.394 e. The molecule has 1 rings (SSSR count). The molecule has 4 unspecified atom stereocenters. The van der Waals surface area contributed by atoms with E-state index in [0.717, 1.165) is 0 Å². The fourth-order valence-electron chi connectivity index (χ4n) is 1.17. The molecule has 7 N–H and O–H groups in total. The fraction of sp³-hybridized carbons (Fsp3) is 1.00. The molecule has 1 aliphatic rings. The molecular weight excluding hydrogens is 164 g/mol. The molecule has 6 nitrogen and oxygen atoms in total. The lowest BCUT2D eigenvalue weighted by molar-refractivity contribution is -0.215. The van der Waals surface area contributed by atoms with Crippen molar-refractivity contribution in [1.29, 1.82) is 0 Å². The van der Waals surface area contributed by atoms with E-state index in [0.29, 0.717) is 0 Å². The molecule has 1 fully saturated rings. The monoisotopic (exact) mass is 178 g/mol. The van der Waals surface area contributed by atoms with E-state index in [1.54, 1.807) is 0 Å². The van der Waals surface area contributed by atoms with Crippen molar-refractivity contribution in [2.75, 3.05) is 6.61 Å². The zero-order valence-electron chi connectivity index (χ0n) is 6.50. The van der Waals surface area contributed by atoms with Crippen LogP contribution >= 0.6 is 0 Å². The van der Waals surface area contributed by atoms with Gasteiger partial charge in [0.05, 0.1) is 24.8 Å². The highest BCUT2D eigenvalue weighted by molar-refractivity contribution is 4.93. The molecule has 72 valence electrons. The van der Waals surface area contributed by atoms with Gasteiger partial charge in [0.25, 0.3) is 0 Å². The molecule has 0 saturated carbocycles. The van der Waals surface area contributed by atoms with Crippen LogP contribution in [0, 0.1) is 0 Å². The van der Waals surface area contributed by atoms with Gasteiger partial charge in [-0.25, -0.2) is 0 Å². The number of nitrogens with two attached hydrogens (primary N) is 2. The predicted octanol–water partition coefficient (Wildman–Crippen LogP) is -3.29. The smallest absolute Gasteiger partial charge is 0.172 e. The molecule has 0 aliphatic carbocycles. The van der Waals surface area contributed by atoms with E-state index in [1.165, 1.54) is 0 Å². The van der Waals surface area contributed by atoms with Crippen LogP contribution in [-0.4, -0.2) is 52.5 Å². The van der Waals surface area contributed by atoms with Gasteiger partial charge in [-0.15, -0.1) is 0 Å². The molecule has 0 amide bonds. The topological polar surface area (TPSA) is 122 Å². The van der Waals surface area contributed by atoms with E-state index < -0.39 is 30.6 Å². The highest BCUT2D eigenvalue weighted by Crippen LogP contribution is 2.16. The Balaban J connectivity index is 2.63. The number of hydrogen-bond donors (Lipinski definition) is 5. The molecule has 0 aromatic rings. The van der Waals surface area contributed by atoms with Gasteiger partial charge in [-0.2, -0.15) is 0 Å². The summed E-state index contributed by atoms with van der Waals surface area (Å²) in [6.07, 6.45) is -3.07. The van der Waals surface area contributed by atoms with E-state index in [2.05, 4.69) is 0 Å². The third-order valence-corrected chi connectivity index (χ3v) is 2.04. The summed E-state index contributed by atoms with van der Waals surface area (Å²) in [5.74, 6) is 0. The van der Waals surface area contributed by atoms with Crippen molar-refractivity contribution >= 4 is 0 Å². The lowest BCUT2D eigenvalue weighted by Crippen LogP contribution is -2.64. The fourth-order valence-corrected chi connectivity index (χ4v) is 1.17. The Morgan fingerprint density at radius 2 is 1.75 bits per heavy atom. The predicted molar refractivity (Wildman–Crippen MR) is 39.9 cm³/mol. The van der Waals surface area contributed by atoms with E-state index in [4.69, 9.17) is 26.4 Å². The van der Waals surface area contributed by atoms with Gasteiger partial charge in [-0.05, 0) is 0 Å². The Hall–Kier alpha value is -0.240. The van der Waals surface area contributed by atoms with Crippen molar-refractivity contribution in [1.82, 2.24) is 0 Å². The van der Waals surface area contributed by atoms with Gasteiger partial charge in [0.15, 0.2) is 6.29 Å². The van der Waals surface area contributed by atoms with Gasteiger partial charge < -0.3 is 31.5 Å². The number of aliphatic hydroxyl groups excluding tert-OH is 3. The van der Waals surface area contributed by atoms with Crippen LogP contribution in [0.15, 0.2) is 0 Å². The summed E-state index contributed by atoms with van der Waals surface area (Å²) in [6, 6.07) is -1.67. The quantitative estimate of drug-likeness (QED) is 0.287. The Morgan fingerprint density at radius 3 is 2.25 bits per heavy atom. The lowest BCUT2D eigenvalue weighted by Gasteiger charge is -2.38. The van der Waals surface area contributed by atoms with Crippen LogP contribution in [0.1, 0.15) is 0 Å². The van der Waals surface area contributed by atoms with Gasteiger partial charge >= 0.3 is 0 Å². The first kappa shape index (κ1) is 9.85. The first-order valence-corrected chi connectivity index (χ1v) is 3.71. The third-order valence-electron chi connectivity index (χ3n) is 2.04. The maximum Gasteiger partial charge on any atom is 0.172 e. The first-order valence-electron chi connectivity index (χ1n) is 3.71. The molecule has 0 aromatic carbocycles. The van der Waals surface area contributed by atoms with E-state index in [1.807, 2.05) is 0 Å². The van der Waals surface area contributed by atoms with Gasteiger partial charge in [0.2, 0.25) is 0 Å². The first-order chi connectivity index (χ1) is 5.57. The highest BCUT2D eigenvalue weighted by atomic mass is 16.6. The van der Waals surface area contributed by atoms with Crippen molar-refractivity contribution in [2.45, 2.75) is 30.6 Å². The molecule has 0 bridgehead atoms. The van der Waals surface area contributed by atoms with Crippen LogP contribution in [0.3, 0.4) is 0 Å². The second kappa shape index (κ2) is 3.65. The van der Waals surface area contributed by atoms with Gasteiger partial charge in [0.1, 0.15) is 6.10 Å². The van der Waals surface area contributed by atoms with Crippen LogP contribution < -0.4 is 11.5 Å². The molecule has 0 spiro atoms. The lowest BCUT2D eigenvalue weighted by atomic mass is 9.96. The van der Waals surface area contributed by atoms with Crippen molar-refractivity contribution < 1.29 is 20.1 Å². The van der Waals surface area contributed by atoms with Crippen molar-refractivity contribution in [2.24, 2.45) is 11.5 Å². The van der Waals surface area contributed by atoms with Crippen LogP contribution in [0.4, 0.5) is 0 Å². The van der Waals surface area contributed by atoms with Crippen LogP contribution in [-0.2, 0) is 4.74 Å². The van der Waals surface area contributed by atoms with Crippen molar-refractivity contribution in [3.8, 4) is 0 Å². The summed E-state index contributed by atoms with van der Waals surface area (Å²) in [4.78, 5) is 0. The van der Waals surface area contributed by atoms with Crippen LogP contribution in [0.5, 0.6) is 0 Å². The second-order valence-corrected chi connectivity index (χ2v) is 2.89. The maximum absolute atomic E-state index is 9.32. The van der Waals surface area contributed by atoms with Gasteiger partial charge in [-0.1, -0.05) is 0 Å². The maximum atomic E-state index is 9.32. The molecule has 0 radical (unpaired) electrons. The minimum atomic E-state index is -1.27. The summed E-state index contributed by atoms with van der Waals surface area (Å²) in [5.41, 5.74) is 10.8. The van der Waals surface area contributed by atoms with Crippen molar-refractivity contribution in [3.05, 3.63) is 0 Å². The molecular formula is C6H14N2O4.